The first-order chi connectivity index (χ1) is 9.56. The molecule has 0 aliphatic heterocycles. The highest BCUT2D eigenvalue weighted by molar-refractivity contribution is 9.10. The Morgan fingerprint density at radius 3 is 2.40 bits per heavy atom. The quantitative estimate of drug-likeness (QED) is 0.713. The summed E-state index contributed by atoms with van der Waals surface area (Å²) < 4.78 is 6.43. The molecule has 0 aliphatic rings. The van der Waals surface area contributed by atoms with Crippen LogP contribution >= 0.6 is 15.9 Å². The van der Waals surface area contributed by atoms with E-state index in [0.29, 0.717) is 5.56 Å². The van der Waals surface area contributed by atoms with E-state index >= 15 is 0 Å². The number of aromatic hydroxyl groups is 2. The SMILES string of the molecule is O=c1c(O)c(-c2ccc(Br)cc2)oc2cc(O)ccc12. The van der Waals surface area contributed by atoms with Crippen LogP contribution in [0.4, 0.5) is 0 Å². The molecule has 0 unspecified atom stereocenters. The van der Waals surface area contributed by atoms with Crippen molar-refractivity contribution >= 4 is 26.9 Å². The molecule has 0 fully saturated rings. The van der Waals surface area contributed by atoms with Crippen molar-refractivity contribution in [1.82, 2.24) is 0 Å². The molecule has 2 aromatic carbocycles. The van der Waals surface area contributed by atoms with Gasteiger partial charge < -0.3 is 14.6 Å². The van der Waals surface area contributed by atoms with E-state index in [9.17, 15) is 15.0 Å². The van der Waals surface area contributed by atoms with Gasteiger partial charge in [0.15, 0.2) is 5.76 Å². The number of rotatable bonds is 1. The van der Waals surface area contributed by atoms with Crippen LogP contribution in [0, 0.1) is 0 Å². The van der Waals surface area contributed by atoms with E-state index in [1.54, 1.807) is 24.3 Å². The minimum absolute atomic E-state index is 0.00639. The van der Waals surface area contributed by atoms with Crippen LogP contribution < -0.4 is 5.43 Å². The molecule has 3 aromatic rings. The average molecular weight is 333 g/mol. The third kappa shape index (κ3) is 2.06. The number of halogens is 1. The van der Waals surface area contributed by atoms with E-state index in [4.69, 9.17) is 4.42 Å². The highest BCUT2D eigenvalue weighted by Gasteiger charge is 2.15. The fourth-order valence-corrected chi connectivity index (χ4v) is 2.23. The van der Waals surface area contributed by atoms with Gasteiger partial charge in [0.1, 0.15) is 11.3 Å². The monoisotopic (exact) mass is 332 g/mol. The Labute approximate surface area is 122 Å². The van der Waals surface area contributed by atoms with E-state index in [1.807, 2.05) is 0 Å². The van der Waals surface area contributed by atoms with E-state index in [2.05, 4.69) is 15.9 Å². The summed E-state index contributed by atoms with van der Waals surface area (Å²) in [6.45, 7) is 0. The maximum Gasteiger partial charge on any atom is 0.235 e. The molecular weight excluding hydrogens is 324 g/mol. The molecule has 0 saturated carbocycles. The molecule has 20 heavy (non-hydrogen) atoms. The van der Waals surface area contributed by atoms with Gasteiger partial charge in [-0.3, -0.25) is 4.79 Å². The van der Waals surface area contributed by atoms with Gasteiger partial charge >= 0.3 is 0 Å². The molecule has 100 valence electrons. The minimum Gasteiger partial charge on any atom is -0.508 e. The lowest BCUT2D eigenvalue weighted by Crippen LogP contribution is -2.02. The number of fused-ring (bicyclic) bond motifs is 1. The minimum atomic E-state index is -0.524. The molecule has 0 bridgehead atoms. The van der Waals surface area contributed by atoms with Crippen LogP contribution in [0.3, 0.4) is 0 Å². The summed E-state index contributed by atoms with van der Waals surface area (Å²) in [5, 5.41) is 19.7. The summed E-state index contributed by atoms with van der Waals surface area (Å²) in [6, 6.07) is 11.1. The van der Waals surface area contributed by atoms with Crippen LogP contribution in [0.5, 0.6) is 11.5 Å². The van der Waals surface area contributed by atoms with Crippen LogP contribution in [0.15, 0.2) is 56.1 Å². The van der Waals surface area contributed by atoms with E-state index < -0.39 is 11.2 Å². The molecule has 0 amide bonds. The number of benzene rings is 2. The normalized spacial score (nSPS) is 10.8. The van der Waals surface area contributed by atoms with Gasteiger partial charge in [-0.25, -0.2) is 0 Å². The molecule has 0 atom stereocenters. The molecule has 1 heterocycles. The van der Waals surface area contributed by atoms with Gasteiger partial charge in [-0.05, 0) is 36.4 Å². The second-order valence-electron chi connectivity index (χ2n) is 4.30. The highest BCUT2D eigenvalue weighted by atomic mass is 79.9. The molecule has 5 heteroatoms. The van der Waals surface area contributed by atoms with Crippen molar-refractivity contribution in [3.8, 4) is 22.8 Å². The second-order valence-corrected chi connectivity index (χ2v) is 5.21. The number of hydrogen-bond acceptors (Lipinski definition) is 4. The maximum absolute atomic E-state index is 12.1. The van der Waals surface area contributed by atoms with Crippen molar-refractivity contribution < 1.29 is 14.6 Å². The summed E-state index contributed by atoms with van der Waals surface area (Å²) in [6.07, 6.45) is 0. The van der Waals surface area contributed by atoms with Crippen molar-refractivity contribution in [2.24, 2.45) is 0 Å². The Balaban J connectivity index is 2.33. The van der Waals surface area contributed by atoms with Gasteiger partial charge in [0.05, 0.1) is 5.39 Å². The Morgan fingerprint density at radius 1 is 1.00 bits per heavy atom. The highest BCUT2D eigenvalue weighted by Crippen LogP contribution is 2.31. The third-order valence-corrected chi connectivity index (χ3v) is 3.49. The molecule has 0 spiro atoms. The van der Waals surface area contributed by atoms with Crippen LogP contribution in [0.1, 0.15) is 0 Å². The zero-order chi connectivity index (χ0) is 14.3. The topological polar surface area (TPSA) is 70.7 Å². The van der Waals surface area contributed by atoms with Gasteiger partial charge in [-0.1, -0.05) is 15.9 Å². The van der Waals surface area contributed by atoms with Crippen molar-refractivity contribution in [2.75, 3.05) is 0 Å². The van der Waals surface area contributed by atoms with Crippen molar-refractivity contribution in [3.63, 3.8) is 0 Å². The molecule has 2 N–H and O–H groups in total. The average Bonchev–Trinajstić information content (AvgIpc) is 2.44. The summed E-state index contributed by atoms with van der Waals surface area (Å²) in [7, 11) is 0. The third-order valence-electron chi connectivity index (χ3n) is 2.96. The standard InChI is InChI=1S/C15H9BrO4/c16-9-3-1-8(2-4-9)15-14(19)13(18)11-6-5-10(17)7-12(11)20-15/h1-7,17,19H. The first kappa shape index (κ1) is 12.7. The van der Waals surface area contributed by atoms with Gasteiger partial charge in [0, 0.05) is 16.1 Å². The summed E-state index contributed by atoms with van der Waals surface area (Å²) >= 11 is 3.31. The lowest BCUT2D eigenvalue weighted by atomic mass is 10.1. The largest absolute Gasteiger partial charge is 0.508 e. The molecule has 1 aromatic heterocycles. The molecule has 0 radical (unpaired) electrons. The van der Waals surface area contributed by atoms with Gasteiger partial charge in [0.2, 0.25) is 11.2 Å². The van der Waals surface area contributed by atoms with E-state index in [0.717, 1.165) is 4.47 Å². The predicted octanol–water partition coefficient (Wildman–Crippen LogP) is 3.63. The number of phenols is 1. The van der Waals surface area contributed by atoms with Gasteiger partial charge in [-0.15, -0.1) is 0 Å². The summed E-state index contributed by atoms with van der Waals surface area (Å²) in [4.78, 5) is 12.1. The van der Waals surface area contributed by atoms with Gasteiger partial charge in [-0.2, -0.15) is 0 Å². The van der Waals surface area contributed by atoms with Crippen molar-refractivity contribution in [2.45, 2.75) is 0 Å². The van der Waals surface area contributed by atoms with E-state index in [-0.39, 0.29) is 22.5 Å². The molecule has 4 nitrogen and oxygen atoms in total. The lowest BCUT2D eigenvalue weighted by Gasteiger charge is -2.06. The fourth-order valence-electron chi connectivity index (χ4n) is 1.97. The molecule has 3 rings (SSSR count). The van der Waals surface area contributed by atoms with Crippen LogP contribution in [-0.4, -0.2) is 10.2 Å². The van der Waals surface area contributed by atoms with Gasteiger partial charge in [0.25, 0.3) is 0 Å². The Hall–Kier alpha value is -2.27. The summed E-state index contributed by atoms with van der Waals surface area (Å²) in [5.74, 6) is -0.362. The lowest BCUT2D eigenvalue weighted by molar-refractivity contribution is 0.447. The number of hydrogen-bond donors (Lipinski definition) is 2. The Bertz CT molecular complexity index is 850. The Morgan fingerprint density at radius 2 is 1.70 bits per heavy atom. The number of phenolic OH excluding ortho intramolecular Hbond substituents is 1. The molecule has 0 saturated heterocycles. The van der Waals surface area contributed by atoms with Crippen LogP contribution in [0.25, 0.3) is 22.3 Å². The zero-order valence-electron chi connectivity index (χ0n) is 10.1. The predicted molar refractivity (Wildman–Crippen MR) is 78.9 cm³/mol. The first-order valence-electron chi connectivity index (χ1n) is 5.81. The molecule has 0 aliphatic carbocycles. The van der Waals surface area contributed by atoms with Crippen LogP contribution in [-0.2, 0) is 0 Å². The van der Waals surface area contributed by atoms with Crippen molar-refractivity contribution in [1.29, 1.82) is 0 Å². The van der Waals surface area contributed by atoms with Crippen molar-refractivity contribution in [3.05, 3.63) is 57.2 Å². The van der Waals surface area contributed by atoms with E-state index in [1.165, 1.54) is 18.2 Å². The Kier molecular flexibility index (Phi) is 2.99. The molecular formula is C15H9BrO4. The first-order valence-corrected chi connectivity index (χ1v) is 6.60. The summed E-state index contributed by atoms with van der Waals surface area (Å²) in [5.41, 5.74) is 0.280. The van der Waals surface area contributed by atoms with Crippen LogP contribution in [0.2, 0.25) is 0 Å². The zero-order valence-corrected chi connectivity index (χ0v) is 11.7. The fraction of sp³-hybridized carbons (Fsp3) is 0. The maximum atomic E-state index is 12.1. The second kappa shape index (κ2) is 4.68. The smallest absolute Gasteiger partial charge is 0.235 e.